The van der Waals surface area contributed by atoms with Gasteiger partial charge in [-0.25, -0.2) is 0 Å². The van der Waals surface area contributed by atoms with E-state index in [0.717, 1.165) is 5.56 Å². The van der Waals surface area contributed by atoms with E-state index in [1.807, 2.05) is 36.4 Å². The minimum Gasteiger partial charge on any atom is -0.0985 e. The van der Waals surface area contributed by atoms with Crippen LogP contribution in [0.25, 0.3) is 18.2 Å². The number of benzene rings is 2. The molecule has 2 aromatic carbocycles. The van der Waals surface area contributed by atoms with Gasteiger partial charge in [-0.15, -0.1) is 0 Å². The maximum Gasteiger partial charge on any atom is -0.0251 e. The van der Waals surface area contributed by atoms with E-state index in [0.29, 0.717) is 0 Å². The first-order valence-electron chi connectivity index (χ1n) is 5.34. The highest BCUT2D eigenvalue weighted by atomic mass is 13.9. The molecule has 0 heterocycles. The fraction of sp³-hybridized carbons (Fsp3) is 0. The molecule has 0 heteroatoms. The molecule has 0 fully saturated rings. The van der Waals surface area contributed by atoms with Gasteiger partial charge < -0.3 is 0 Å². The third-order valence-corrected chi connectivity index (χ3v) is 2.41. The van der Waals surface area contributed by atoms with Crippen molar-refractivity contribution < 1.29 is 0 Å². The van der Waals surface area contributed by atoms with Gasteiger partial charge in [-0.1, -0.05) is 73.3 Å². The van der Waals surface area contributed by atoms with Crippen molar-refractivity contribution in [1.29, 1.82) is 0 Å². The molecule has 78 valence electrons. The Kier molecular flexibility index (Phi) is 3.35. The van der Waals surface area contributed by atoms with Crippen LogP contribution in [0.3, 0.4) is 0 Å². The minimum atomic E-state index is 1.15. The Morgan fingerprint density at radius 1 is 0.688 bits per heavy atom. The standard InChI is InChI=1S/C16H14/c1-2-14-9-6-10-16(13-14)12-11-15-7-4-3-5-8-15/h2-13H,1H2/b12-11+. The molecule has 0 unspecified atom stereocenters. The molecular weight excluding hydrogens is 192 g/mol. The highest BCUT2D eigenvalue weighted by Gasteiger charge is 1.89. The summed E-state index contributed by atoms with van der Waals surface area (Å²) in [5.74, 6) is 0. The van der Waals surface area contributed by atoms with E-state index in [-0.39, 0.29) is 0 Å². The van der Waals surface area contributed by atoms with Gasteiger partial charge in [0.1, 0.15) is 0 Å². The van der Waals surface area contributed by atoms with Gasteiger partial charge in [-0.05, 0) is 22.8 Å². The zero-order valence-corrected chi connectivity index (χ0v) is 9.14. The van der Waals surface area contributed by atoms with Crippen molar-refractivity contribution >= 4 is 18.2 Å². The molecule has 16 heavy (non-hydrogen) atoms. The molecule has 0 saturated carbocycles. The summed E-state index contributed by atoms with van der Waals surface area (Å²) >= 11 is 0. The minimum absolute atomic E-state index is 1.15. The summed E-state index contributed by atoms with van der Waals surface area (Å²) < 4.78 is 0. The average molecular weight is 206 g/mol. The zero-order chi connectivity index (χ0) is 11.2. The first-order chi connectivity index (χ1) is 7.88. The molecule has 0 atom stereocenters. The molecule has 2 rings (SSSR count). The predicted octanol–water partition coefficient (Wildman–Crippen LogP) is 4.50. The van der Waals surface area contributed by atoms with Gasteiger partial charge in [0.05, 0.1) is 0 Å². The molecule has 0 saturated heterocycles. The zero-order valence-electron chi connectivity index (χ0n) is 9.14. The molecule has 0 nitrogen and oxygen atoms in total. The van der Waals surface area contributed by atoms with E-state index in [1.165, 1.54) is 11.1 Å². The molecule has 0 radical (unpaired) electrons. The van der Waals surface area contributed by atoms with Crippen LogP contribution < -0.4 is 0 Å². The summed E-state index contributed by atoms with van der Waals surface area (Å²) in [5, 5.41) is 0. The Balaban J connectivity index is 2.20. The third-order valence-electron chi connectivity index (χ3n) is 2.41. The summed E-state index contributed by atoms with van der Waals surface area (Å²) in [6.07, 6.45) is 6.09. The Morgan fingerprint density at radius 3 is 2.06 bits per heavy atom. The van der Waals surface area contributed by atoms with Crippen LogP contribution >= 0.6 is 0 Å². The van der Waals surface area contributed by atoms with Crippen LogP contribution in [0, 0.1) is 0 Å². The molecule has 0 aliphatic heterocycles. The van der Waals surface area contributed by atoms with Crippen LogP contribution in [0.15, 0.2) is 61.2 Å². The Labute approximate surface area is 96.6 Å². The summed E-state index contributed by atoms with van der Waals surface area (Å²) in [6.45, 7) is 3.77. The maximum absolute atomic E-state index is 3.77. The largest absolute Gasteiger partial charge is 0.0985 e. The summed E-state index contributed by atoms with van der Waals surface area (Å²) in [7, 11) is 0. The van der Waals surface area contributed by atoms with E-state index in [2.05, 4.69) is 43.0 Å². The number of rotatable bonds is 3. The topological polar surface area (TPSA) is 0 Å². The van der Waals surface area contributed by atoms with Crippen molar-refractivity contribution in [2.45, 2.75) is 0 Å². The van der Waals surface area contributed by atoms with Crippen molar-refractivity contribution in [2.75, 3.05) is 0 Å². The number of hydrogen-bond acceptors (Lipinski definition) is 0. The van der Waals surface area contributed by atoms with Crippen LogP contribution in [-0.4, -0.2) is 0 Å². The smallest absolute Gasteiger partial charge is 0.0251 e. The van der Waals surface area contributed by atoms with Gasteiger partial charge in [-0.2, -0.15) is 0 Å². The van der Waals surface area contributed by atoms with Gasteiger partial charge in [0, 0.05) is 0 Å². The van der Waals surface area contributed by atoms with Crippen molar-refractivity contribution in [1.82, 2.24) is 0 Å². The SMILES string of the molecule is C=Cc1cccc(/C=C/c2ccccc2)c1. The lowest BCUT2D eigenvalue weighted by molar-refractivity contribution is 1.62. The highest BCUT2D eigenvalue weighted by molar-refractivity contribution is 5.70. The van der Waals surface area contributed by atoms with E-state index in [4.69, 9.17) is 0 Å². The predicted molar refractivity (Wildman–Crippen MR) is 71.9 cm³/mol. The van der Waals surface area contributed by atoms with Crippen LogP contribution in [0.1, 0.15) is 16.7 Å². The van der Waals surface area contributed by atoms with Gasteiger partial charge in [-0.3, -0.25) is 0 Å². The van der Waals surface area contributed by atoms with E-state index in [9.17, 15) is 0 Å². The molecule has 0 aliphatic carbocycles. The summed E-state index contributed by atoms with van der Waals surface area (Å²) in [5.41, 5.74) is 3.56. The van der Waals surface area contributed by atoms with Crippen LogP contribution in [0.4, 0.5) is 0 Å². The van der Waals surface area contributed by atoms with Crippen molar-refractivity contribution in [2.24, 2.45) is 0 Å². The van der Waals surface area contributed by atoms with Crippen molar-refractivity contribution in [3.8, 4) is 0 Å². The summed E-state index contributed by atoms with van der Waals surface area (Å²) in [4.78, 5) is 0. The second kappa shape index (κ2) is 5.13. The highest BCUT2D eigenvalue weighted by Crippen LogP contribution is 2.10. The Morgan fingerprint density at radius 2 is 1.31 bits per heavy atom. The van der Waals surface area contributed by atoms with E-state index >= 15 is 0 Å². The van der Waals surface area contributed by atoms with Crippen LogP contribution in [0.5, 0.6) is 0 Å². The second-order valence-corrected chi connectivity index (χ2v) is 3.62. The van der Waals surface area contributed by atoms with Crippen LogP contribution in [0.2, 0.25) is 0 Å². The maximum atomic E-state index is 3.77. The van der Waals surface area contributed by atoms with Gasteiger partial charge in [0.25, 0.3) is 0 Å². The second-order valence-electron chi connectivity index (χ2n) is 3.62. The lowest BCUT2D eigenvalue weighted by Gasteiger charge is -1.96. The van der Waals surface area contributed by atoms with E-state index in [1.54, 1.807) is 0 Å². The molecule has 0 amide bonds. The molecule has 0 N–H and O–H groups in total. The quantitative estimate of drug-likeness (QED) is 0.648. The Bertz CT molecular complexity index is 492. The fourth-order valence-electron chi connectivity index (χ4n) is 1.55. The van der Waals surface area contributed by atoms with Gasteiger partial charge in [0.15, 0.2) is 0 Å². The van der Waals surface area contributed by atoms with Crippen molar-refractivity contribution in [3.63, 3.8) is 0 Å². The molecular formula is C16H14. The molecule has 0 aliphatic rings. The normalized spacial score (nSPS) is 10.5. The fourth-order valence-corrected chi connectivity index (χ4v) is 1.55. The molecule has 0 bridgehead atoms. The number of hydrogen-bond donors (Lipinski definition) is 0. The van der Waals surface area contributed by atoms with Crippen LogP contribution in [-0.2, 0) is 0 Å². The molecule has 2 aromatic rings. The Hall–Kier alpha value is -2.08. The van der Waals surface area contributed by atoms with Gasteiger partial charge in [0.2, 0.25) is 0 Å². The van der Waals surface area contributed by atoms with Gasteiger partial charge >= 0.3 is 0 Å². The summed E-state index contributed by atoms with van der Waals surface area (Å²) in [6, 6.07) is 18.6. The lowest BCUT2D eigenvalue weighted by atomic mass is 10.1. The first kappa shape index (κ1) is 10.4. The molecule has 0 spiro atoms. The van der Waals surface area contributed by atoms with E-state index < -0.39 is 0 Å². The first-order valence-corrected chi connectivity index (χ1v) is 5.34. The van der Waals surface area contributed by atoms with Crippen molar-refractivity contribution in [3.05, 3.63) is 77.9 Å². The lowest BCUT2D eigenvalue weighted by Crippen LogP contribution is -1.75. The third kappa shape index (κ3) is 2.71. The average Bonchev–Trinajstić information content (AvgIpc) is 2.38. The monoisotopic (exact) mass is 206 g/mol. The molecule has 0 aromatic heterocycles.